The molecule has 20 heavy (non-hydrogen) atoms. The first-order valence-corrected chi connectivity index (χ1v) is 8.30. The summed E-state index contributed by atoms with van der Waals surface area (Å²) in [5, 5.41) is 2.90. The highest BCUT2D eigenvalue weighted by molar-refractivity contribution is 9.10. The molecule has 0 bridgehead atoms. The minimum atomic E-state index is -0.362. The van der Waals surface area contributed by atoms with Gasteiger partial charge in [-0.2, -0.15) is 0 Å². The molecule has 0 saturated carbocycles. The van der Waals surface area contributed by atoms with Crippen molar-refractivity contribution in [2.45, 2.75) is 30.7 Å². The number of thioether (sulfide) groups is 1. The molecule has 2 fully saturated rings. The van der Waals surface area contributed by atoms with Gasteiger partial charge < -0.3 is 10.2 Å². The maximum Gasteiger partial charge on any atom is 0.248 e. The molecule has 106 valence electrons. The van der Waals surface area contributed by atoms with Gasteiger partial charge in [0, 0.05) is 22.3 Å². The molecular formula is C14H15BrN2O2S. The van der Waals surface area contributed by atoms with Crippen LogP contribution in [0.15, 0.2) is 28.7 Å². The van der Waals surface area contributed by atoms with Gasteiger partial charge in [0.1, 0.15) is 6.04 Å². The van der Waals surface area contributed by atoms with Crippen molar-refractivity contribution in [2.75, 3.05) is 11.1 Å². The van der Waals surface area contributed by atoms with Gasteiger partial charge in [0.15, 0.2) is 0 Å². The van der Waals surface area contributed by atoms with Crippen molar-refractivity contribution in [3.05, 3.63) is 28.7 Å². The molecule has 2 saturated heterocycles. The minimum absolute atomic E-state index is 0.0897. The highest BCUT2D eigenvalue weighted by Crippen LogP contribution is 2.47. The first-order chi connectivity index (χ1) is 9.49. The number of fused-ring (bicyclic) bond motifs is 1. The lowest BCUT2D eigenvalue weighted by atomic mass is 10.2. The number of hydrogen-bond donors (Lipinski definition) is 1. The first-order valence-electron chi connectivity index (χ1n) is 6.52. The van der Waals surface area contributed by atoms with Gasteiger partial charge in [0.2, 0.25) is 11.8 Å². The van der Waals surface area contributed by atoms with E-state index in [0.717, 1.165) is 16.6 Å². The third-order valence-corrected chi connectivity index (χ3v) is 5.84. The van der Waals surface area contributed by atoms with Crippen LogP contribution < -0.4 is 5.32 Å². The number of nitrogens with zero attached hydrogens (tertiary/aromatic N) is 1. The number of amides is 2. The predicted octanol–water partition coefficient (Wildman–Crippen LogP) is 2.84. The molecule has 1 aromatic carbocycles. The summed E-state index contributed by atoms with van der Waals surface area (Å²) in [5.74, 6) is 0.656. The summed E-state index contributed by atoms with van der Waals surface area (Å²) in [6.07, 6.45) is 1.38. The van der Waals surface area contributed by atoms with Crippen molar-refractivity contribution in [2.24, 2.45) is 0 Å². The lowest BCUT2D eigenvalue weighted by Crippen LogP contribution is -2.48. The molecular weight excluding hydrogens is 340 g/mol. The molecule has 0 radical (unpaired) electrons. The smallest absolute Gasteiger partial charge is 0.248 e. The number of nitrogens with one attached hydrogen (secondary N) is 1. The van der Waals surface area contributed by atoms with Crippen LogP contribution in [-0.2, 0) is 9.59 Å². The van der Waals surface area contributed by atoms with E-state index < -0.39 is 0 Å². The highest BCUT2D eigenvalue weighted by atomic mass is 79.9. The molecule has 2 aliphatic rings. The highest BCUT2D eigenvalue weighted by Gasteiger charge is 2.52. The Morgan fingerprint density at radius 2 is 2.35 bits per heavy atom. The van der Waals surface area contributed by atoms with Gasteiger partial charge >= 0.3 is 0 Å². The number of benzene rings is 1. The third-order valence-electron chi connectivity index (χ3n) is 3.84. The molecule has 2 unspecified atom stereocenters. The van der Waals surface area contributed by atoms with E-state index in [2.05, 4.69) is 28.2 Å². The zero-order valence-corrected chi connectivity index (χ0v) is 13.5. The number of anilines is 1. The Labute approximate surface area is 130 Å². The Balaban J connectivity index is 1.76. The Hall–Kier alpha value is -1.01. The van der Waals surface area contributed by atoms with Gasteiger partial charge in [-0.3, -0.25) is 9.59 Å². The van der Waals surface area contributed by atoms with Crippen molar-refractivity contribution in [3.8, 4) is 0 Å². The van der Waals surface area contributed by atoms with Crippen molar-refractivity contribution < 1.29 is 9.59 Å². The molecule has 2 aliphatic heterocycles. The van der Waals surface area contributed by atoms with Gasteiger partial charge in [-0.25, -0.2) is 0 Å². The number of carbonyl (C=O) groups excluding carboxylic acids is 2. The van der Waals surface area contributed by atoms with Gasteiger partial charge in [0.05, 0.1) is 4.87 Å². The Morgan fingerprint density at radius 1 is 1.55 bits per heavy atom. The zero-order valence-electron chi connectivity index (χ0n) is 11.1. The van der Waals surface area contributed by atoms with Crippen LogP contribution in [0.1, 0.15) is 19.8 Å². The summed E-state index contributed by atoms with van der Waals surface area (Å²) in [6.45, 7) is 2.05. The number of halogens is 1. The van der Waals surface area contributed by atoms with Crippen molar-refractivity contribution in [1.29, 1.82) is 0 Å². The summed E-state index contributed by atoms with van der Waals surface area (Å²) >= 11 is 5.08. The first kappa shape index (κ1) is 13.9. The monoisotopic (exact) mass is 354 g/mol. The second kappa shape index (κ2) is 5.07. The topological polar surface area (TPSA) is 49.4 Å². The van der Waals surface area contributed by atoms with Gasteiger partial charge in [-0.1, -0.05) is 22.0 Å². The van der Waals surface area contributed by atoms with Crippen molar-refractivity contribution in [3.63, 3.8) is 0 Å². The maximum atomic E-state index is 12.4. The second-order valence-electron chi connectivity index (χ2n) is 5.27. The van der Waals surface area contributed by atoms with E-state index >= 15 is 0 Å². The van der Waals surface area contributed by atoms with Crippen LogP contribution in [0.2, 0.25) is 0 Å². The van der Waals surface area contributed by atoms with Crippen LogP contribution in [0.3, 0.4) is 0 Å². The second-order valence-corrected chi connectivity index (χ2v) is 7.68. The summed E-state index contributed by atoms with van der Waals surface area (Å²) in [5.41, 5.74) is 0.745. The summed E-state index contributed by atoms with van der Waals surface area (Å²) < 4.78 is 0.915. The molecule has 3 rings (SSSR count). The lowest BCUT2D eigenvalue weighted by Gasteiger charge is -2.29. The number of carbonyl (C=O) groups is 2. The molecule has 0 aliphatic carbocycles. The lowest BCUT2D eigenvalue weighted by molar-refractivity contribution is -0.135. The van der Waals surface area contributed by atoms with E-state index in [4.69, 9.17) is 0 Å². The molecule has 2 atom stereocenters. The third kappa shape index (κ3) is 2.35. The molecule has 1 aromatic rings. The van der Waals surface area contributed by atoms with E-state index in [-0.39, 0.29) is 22.7 Å². The Morgan fingerprint density at radius 3 is 3.10 bits per heavy atom. The van der Waals surface area contributed by atoms with E-state index in [1.165, 1.54) is 0 Å². The predicted molar refractivity (Wildman–Crippen MR) is 83.5 cm³/mol. The number of hydrogen-bond acceptors (Lipinski definition) is 3. The molecule has 0 aromatic heterocycles. The van der Waals surface area contributed by atoms with E-state index in [9.17, 15) is 9.59 Å². The minimum Gasteiger partial charge on any atom is -0.324 e. The summed E-state index contributed by atoms with van der Waals surface area (Å²) in [6, 6.07) is 7.11. The maximum absolute atomic E-state index is 12.4. The zero-order chi connectivity index (χ0) is 14.3. The Bertz CT molecular complexity index is 580. The van der Waals surface area contributed by atoms with Crippen LogP contribution in [-0.4, -0.2) is 33.4 Å². The fourth-order valence-corrected chi connectivity index (χ4v) is 4.64. The molecule has 0 spiro atoms. The molecule has 1 N–H and O–H groups in total. The van der Waals surface area contributed by atoms with Gasteiger partial charge in [0.25, 0.3) is 0 Å². The summed E-state index contributed by atoms with van der Waals surface area (Å²) in [7, 11) is 0. The molecule has 2 heterocycles. The van der Waals surface area contributed by atoms with Gasteiger partial charge in [-0.05, 0) is 31.5 Å². The quantitative estimate of drug-likeness (QED) is 0.888. The average molecular weight is 355 g/mol. The molecule has 6 heteroatoms. The fourth-order valence-electron chi connectivity index (χ4n) is 2.81. The van der Waals surface area contributed by atoms with E-state index in [1.54, 1.807) is 16.7 Å². The van der Waals surface area contributed by atoms with Crippen LogP contribution in [0.4, 0.5) is 5.69 Å². The van der Waals surface area contributed by atoms with Crippen LogP contribution >= 0.6 is 27.7 Å². The van der Waals surface area contributed by atoms with Crippen LogP contribution in [0, 0.1) is 0 Å². The van der Waals surface area contributed by atoms with Gasteiger partial charge in [-0.15, -0.1) is 11.8 Å². The van der Waals surface area contributed by atoms with Crippen molar-refractivity contribution >= 4 is 45.2 Å². The standard InChI is InChI=1S/C14H15BrN2O2S/c1-14-6-5-12(18)17(14)11(8-20-14)13(19)16-10-4-2-3-9(15)7-10/h2-4,7,11H,5-6,8H2,1H3,(H,16,19). The summed E-state index contributed by atoms with van der Waals surface area (Å²) in [4.78, 5) is 26.0. The molecule has 4 nitrogen and oxygen atoms in total. The van der Waals surface area contributed by atoms with E-state index in [1.807, 2.05) is 24.3 Å². The van der Waals surface area contributed by atoms with Crippen LogP contribution in [0.5, 0.6) is 0 Å². The largest absolute Gasteiger partial charge is 0.324 e. The normalized spacial score (nSPS) is 28.6. The van der Waals surface area contributed by atoms with Crippen LogP contribution in [0.25, 0.3) is 0 Å². The Kier molecular flexibility index (Phi) is 3.54. The van der Waals surface area contributed by atoms with E-state index in [0.29, 0.717) is 12.2 Å². The average Bonchev–Trinajstić information content (AvgIpc) is 2.87. The fraction of sp³-hybridized carbons (Fsp3) is 0.429. The number of rotatable bonds is 2. The molecule has 2 amide bonds. The van der Waals surface area contributed by atoms with Crippen molar-refractivity contribution in [1.82, 2.24) is 4.90 Å². The SMILES string of the molecule is CC12CCC(=O)N1C(C(=O)Nc1cccc(Br)c1)CS2.